The largest absolute Gasteiger partial charge is 0.487 e. The summed E-state index contributed by atoms with van der Waals surface area (Å²) in [6.45, 7) is 10.4. The zero-order valence-corrected chi connectivity index (χ0v) is 21.8. The van der Waals surface area contributed by atoms with E-state index in [4.69, 9.17) is 14.2 Å². The lowest BCUT2D eigenvalue weighted by molar-refractivity contribution is 0.0487. The number of amides is 2. The number of carbonyl (C=O) groups is 2. The molecule has 2 amide bonds. The van der Waals surface area contributed by atoms with Crippen LogP contribution in [0.5, 0.6) is 5.75 Å². The Balaban J connectivity index is 2.20. The molecule has 0 saturated heterocycles. The van der Waals surface area contributed by atoms with E-state index in [9.17, 15) is 14.0 Å². The van der Waals surface area contributed by atoms with E-state index in [0.717, 1.165) is 5.56 Å². The van der Waals surface area contributed by atoms with Gasteiger partial charge in [-0.2, -0.15) is 9.37 Å². The van der Waals surface area contributed by atoms with Crippen molar-refractivity contribution in [2.75, 3.05) is 11.9 Å². The Bertz CT molecular complexity index is 991. The van der Waals surface area contributed by atoms with Crippen molar-refractivity contribution in [3.8, 4) is 5.75 Å². The number of ether oxygens (including phenoxy) is 3. The van der Waals surface area contributed by atoms with Gasteiger partial charge in [0.05, 0.1) is 10.5 Å². The first-order valence-corrected chi connectivity index (χ1v) is 11.5. The summed E-state index contributed by atoms with van der Waals surface area (Å²) in [5, 5.41) is 5.22. The van der Waals surface area contributed by atoms with E-state index in [0.29, 0.717) is 6.42 Å². The summed E-state index contributed by atoms with van der Waals surface area (Å²) in [5.41, 5.74) is -0.451. The number of carbonyl (C=O) groups excluding carboxylic acids is 2. The molecule has 1 aromatic carbocycles. The lowest BCUT2D eigenvalue weighted by atomic mass is 10.1. The zero-order chi connectivity index (χ0) is 25.5. The van der Waals surface area contributed by atoms with E-state index < -0.39 is 35.4 Å². The van der Waals surface area contributed by atoms with Crippen LogP contribution in [0.1, 0.15) is 47.1 Å². The maximum Gasteiger partial charge on any atom is 0.413 e. The van der Waals surface area contributed by atoms with Gasteiger partial charge in [-0.3, -0.25) is 5.32 Å². The Morgan fingerprint density at radius 2 is 1.62 bits per heavy atom. The van der Waals surface area contributed by atoms with Crippen LogP contribution < -0.4 is 15.4 Å². The summed E-state index contributed by atoms with van der Waals surface area (Å²) in [5.74, 6) is -0.875. The van der Waals surface area contributed by atoms with Gasteiger partial charge in [0.1, 0.15) is 17.8 Å². The van der Waals surface area contributed by atoms with Crippen molar-refractivity contribution in [3.05, 3.63) is 52.4 Å². The number of aromatic nitrogens is 1. The highest BCUT2D eigenvalue weighted by Crippen LogP contribution is 2.29. The summed E-state index contributed by atoms with van der Waals surface area (Å²) in [6, 6.07) is 10.4. The van der Waals surface area contributed by atoms with E-state index in [1.54, 1.807) is 41.5 Å². The molecule has 0 spiro atoms. The maximum atomic E-state index is 14.1. The first kappa shape index (κ1) is 27.4. The van der Waals surface area contributed by atoms with E-state index in [2.05, 4.69) is 31.5 Å². The van der Waals surface area contributed by atoms with Gasteiger partial charge >= 0.3 is 12.2 Å². The van der Waals surface area contributed by atoms with Crippen LogP contribution in [0.4, 0.5) is 19.8 Å². The molecule has 0 radical (unpaired) electrons. The van der Waals surface area contributed by atoms with Crippen molar-refractivity contribution in [3.63, 3.8) is 0 Å². The number of pyridine rings is 1. The molecule has 0 saturated carbocycles. The van der Waals surface area contributed by atoms with Crippen molar-refractivity contribution in [1.82, 2.24) is 10.3 Å². The van der Waals surface area contributed by atoms with Gasteiger partial charge in [-0.1, -0.05) is 30.3 Å². The second-order valence-corrected chi connectivity index (χ2v) is 10.4. The molecule has 34 heavy (non-hydrogen) atoms. The Labute approximate surface area is 207 Å². The number of alkyl carbamates (subject to hydrolysis) is 1. The summed E-state index contributed by atoms with van der Waals surface area (Å²) in [6.07, 6.45) is -0.952. The lowest BCUT2D eigenvalue weighted by Gasteiger charge is -2.24. The van der Waals surface area contributed by atoms with Gasteiger partial charge in [0, 0.05) is 6.07 Å². The molecule has 186 valence electrons. The summed E-state index contributed by atoms with van der Waals surface area (Å²) >= 11 is 3.08. The summed E-state index contributed by atoms with van der Waals surface area (Å²) < 4.78 is 30.6. The molecule has 0 fully saturated rings. The fourth-order valence-corrected chi connectivity index (χ4v) is 3.06. The highest BCUT2D eigenvalue weighted by Gasteiger charge is 2.23. The Morgan fingerprint density at radius 3 is 2.21 bits per heavy atom. The third-order valence-corrected chi connectivity index (χ3v) is 4.56. The van der Waals surface area contributed by atoms with Crippen LogP contribution in [0, 0.1) is 5.95 Å². The molecule has 1 aromatic heterocycles. The SMILES string of the molecule is CC(C)(C)OC(=O)Nc1nc(F)c(Br)cc1OC[C@H](Cc1ccccc1)NC(=O)OC(C)(C)C. The molecule has 0 aliphatic heterocycles. The standard InChI is InChI=1S/C24H31BrFN3O5/c1-23(2,3)33-21(30)27-16(12-15-10-8-7-9-11-15)14-32-18-13-17(25)19(26)28-20(18)29-22(31)34-24(4,5)6/h7-11,13,16H,12,14H2,1-6H3,(H,27,30)(H,28,29,31)/t16-/m0/s1. The molecule has 1 atom stereocenters. The first-order chi connectivity index (χ1) is 15.7. The molecule has 1 heterocycles. The normalized spacial score (nSPS) is 12.5. The van der Waals surface area contributed by atoms with Crippen molar-refractivity contribution >= 4 is 33.9 Å². The van der Waals surface area contributed by atoms with Crippen molar-refractivity contribution in [2.45, 2.75) is 65.2 Å². The summed E-state index contributed by atoms with van der Waals surface area (Å²) in [4.78, 5) is 28.3. The van der Waals surface area contributed by atoms with E-state index in [1.807, 2.05) is 30.3 Å². The molecule has 0 aliphatic carbocycles. The van der Waals surface area contributed by atoms with Gasteiger partial charge in [0.25, 0.3) is 0 Å². The fraction of sp³-hybridized carbons (Fsp3) is 0.458. The van der Waals surface area contributed by atoms with E-state index in [-0.39, 0.29) is 22.6 Å². The van der Waals surface area contributed by atoms with E-state index in [1.165, 1.54) is 6.07 Å². The van der Waals surface area contributed by atoms with Crippen molar-refractivity contribution in [1.29, 1.82) is 0 Å². The monoisotopic (exact) mass is 539 g/mol. The van der Waals surface area contributed by atoms with Gasteiger partial charge in [-0.15, -0.1) is 0 Å². The first-order valence-electron chi connectivity index (χ1n) is 10.7. The molecule has 2 N–H and O–H groups in total. The number of hydrogen-bond acceptors (Lipinski definition) is 6. The number of halogens is 2. The van der Waals surface area contributed by atoms with Crippen molar-refractivity contribution < 1.29 is 28.2 Å². The van der Waals surface area contributed by atoms with Crippen LogP contribution in [-0.2, 0) is 15.9 Å². The molecule has 10 heteroatoms. The molecular weight excluding hydrogens is 509 g/mol. The maximum absolute atomic E-state index is 14.1. The molecule has 0 unspecified atom stereocenters. The fourth-order valence-electron chi connectivity index (χ4n) is 2.76. The molecule has 8 nitrogen and oxygen atoms in total. The van der Waals surface area contributed by atoms with Gasteiger partial charge in [-0.05, 0) is 69.5 Å². The average Bonchev–Trinajstić information content (AvgIpc) is 2.67. The highest BCUT2D eigenvalue weighted by atomic mass is 79.9. The van der Waals surface area contributed by atoms with E-state index >= 15 is 0 Å². The van der Waals surface area contributed by atoms with Crippen LogP contribution in [0.2, 0.25) is 0 Å². The predicted molar refractivity (Wildman–Crippen MR) is 131 cm³/mol. The Morgan fingerprint density at radius 1 is 1.03 bits per heavy atom. The number of benzene rings is 1. The number of nitrogens with one attached hydrogen (secondary N) is 2. The van der Waals surface area contributed by atoms with Crippen LogP contribution >= 0.6 is 15.9 Å². The lowest BCUT2D eigenvalue weighted by Crippen LogP contribution is -2.43. The third kappa shape index (κ3) is 9.94. The smallest absolute Gasteiger partial charge is 0.413 e. The third-order valence-electron chi connectivity index (χ3n) is 4.00. The Kier molecular flexibility index (Phi) is 9.26. The topological polar surface area (TPSA) is 98.8 Å². The second kappa shape index (κ2) is 11.5. The molecular formula is C24H31BrFN3O5. The van der Waals surface area contributed by atoms with Crippen LogP contribution in [0.15, 0.2) is 40.9 Å². The second-order valence-electron chi connectivity index (χ2n) is 9.58. The van der Waals surface area contributed by atoms with Crippen LogP contribution in [-0.4, -0.2) is 41.0 Å². The van der Waals surface area contributed by atoms with Gasteiger partial charge in [0.15, 0.2) is 11.6 Å². The minimum Gasteiger partial charge on any atom is -0.487 e. The molecule has 0 bridgehead atoms. The number of anilines is 1. The number of hydrogen-bond donors (Lipinski definition) is 2. The predicted octanol–water partition coefficient (Wildman–Crippen LogP) is 5.85. The minimum absolute atomic E-state index is 0.00309. The number of rotatable bonds is 7. The summed E-state index contributed by atoms with van der Waals surface area (Å²) in [7, 11) is 0. The van der Waals surface area contributed by atoms with Crippen molar-refractivity contribution in [2.24, 2.45) is 0 Å². The van der Waals surface area contributed by atoms with Gasteiger partial charge in [-0.25, -0.2) is 9.59 Å². The molecule has 2 aromatic rings. The van der Waals surface area contributed by atoms with Crippen LogP contribution in [0.25, 0.3) is 0 Å². The van der Waals surface area contributed by atoms with Gasteiger partial charge < -0.3 is 19.5 Å². The Hall–Kier alpha value is -2.88. The highest BCUT2D eigenvalue weighted by molar-refractivity contribution is 9.10. The zero-order valence-electron chi connectivity index (χ0n) is 20.2. The minimum atomic E-state index is -0.828. The van der Waals surface area contributed by atoms with Crippen LogP contribution in [0.3, 0.4) is 0 Å². The van der Waals surface area contributed by atoms with Gasteiger partial charge in [0.2, 0.25) is 5.95 Å². The molecule has 2 rings (SSSR count). The average molecular weight is 540 g/mol. The number of nitrogens with zero attached hydrogens (tertiary/aromatic N) is 1. The quantitative estimate of drug-likeness (QED) is 0.428. The molecule has 0 aliphatic rings.